The lowest BCUT2D eigenvalue weighted by Gasteiger charge is -2.05. The third kappa shape index (κ3) is 3.64. The zero-order valence-electron chi connectivity index (χ0n) is 12.8. The summed E-state index contributed by atoms with van der Waals surface area (Å²) in [6.07, 6.45) is 1.70. The van der Waals surface area contributed by atoms with E-state index in [1.165, 1.54) is 12.1 Å². The number of rotatable bonds is 5. The SMILES string of the molecule is Cn1nc(CNS(=O)(=O)c2cccc(Cl)c2)cc1-c1ccccn1. The third-order valence-electron chi connectivity index (χ3n) is 3.41. The number of halogens is 1. The Labute approximate surface area is 145 Å². The van der Waals surface area contributed by atoms with Gasteiger partial charge in [-0.1, -0.05) is 23.7 Å². The summed E-state index contributed by atoms with van der Waals surface area (Å²) in [5.41, 5.74) is 2.19. The van der Waals surface area contributed by atoms with E-state index in [1.54, 1.807) is 30.1 Å². The van der Waals surface area contributed by atoms with Crippen molar-refractivity contribution >= 4 is 21.6 Å². The average molecular weight is 363 g/mol. The lowest BCUT2D eigenvalue weighted by molar-refractivity contribution is 0.579. The van der Waals surface area contributed by atoms with Crippen LogP contribution in [0.25, 0.3) is 11.4 Å². The monoisotopic (exact) mass is 362 g/mol. The number of pyridine rings is 1. The van der Waals surface area contributed by atoms with Crippen molar-refractivity contribution in [3.05, 3.63) is 65.4 Å². The molecule has 1 N–H and O–H groups in total. The molecule has 0 bridgehead atoms. The number of aryl methyl sites for hydroxylation is 1. The van der Waals surface area contributed by atoms with Crippen molar-refractivity contribution in [1.29, 1.82) is 0 Å². The molecule has 6 nitrogen and oxygen atoms in total. The molecule has 24 heavy (non-hydrogen) atoms. The summed E-state index contributed by atoms with van der Waals surface area (Å²) in [4.78, 5) is 4.40. The minimum atomic E-state index is -3.65. The standard InChI is InChI=1S/C16H15ClN4O2S/c1-21-16(15-7-2-3-8-18-15)10-13(20-21)11-19-24(22,23)14-6-4-5-12(17)9-14/h2-10,19H,11H2,1H3. The van der Waals surface area contributed by atoms with Gasteiger partial charge >= 0.3 is 0 Å². The Bertz CT molecular complexity index is 955. The van der Waals surface area contributed by atoms with Gasteiger partial charge in [0.2, 0.25) is 10.0 Å². The summed E-state index contributed by atoms with van der Waals surface area (Å²) in [6.45, 7) is 0.0789. The van der Waals surface area contributed by atoms with Gasteiger partial charge in [0.1, 0.15) is 0 Å². The van der Waals surface area contributed by atoms with Crippen LogP contribution in [-0.4, -0.2) is 23.2 Å². The van der Waals surface area contributed by atoms with Crippen molar-refractivity contribution in [2.75, 3.05) is 0 Å². The highest BCUT2D eigenvalue weighted by Crippen LogP contribution is 2.18. The lowest BCUT2D eigenvalue weighted by Crippen LogP contribution is -2.23. The molecule has 0 spiro atoms. The second kappa shape index (κ2) is 6.72. The van der Waals surface area contributed by atoms with Crippen LogP contribution in [0.3, 0.4) is 0 Å². The Morgan fingerprint density at radius 1 is 1.17 bits per heavy atom. The molecule has 3 aromatic rings. The molecule has 8 heteroatoms. The molecule has 0 aliphatic rings. The van der Waals surface area contributed by atoms with Gasteiger partial charge in [-0.05, 0) is 36.4 Å². The molecule has 2 aromatic heterocycles. The highest BCUT2D eigenvalue weighted by atomic mass is 35.5. The maximum atomic E-state index is 12.3. The molecular formula is C16H15ClN4O2S. The van der Waals surface area contributed by atoms with Crippen LogP contribution in [0.4, 0.5) is 0 Å². The van der Waals surface area contributed by atoms with E-state index >= 15 is 0 Å². The van der Waals surface area contributed by atoms with Gasteiger partial charge in [-0.25, -0.2) is 13.1 Å². The predicted octanol–water partition coefficient (Wildman–Crippen LogP) is 2.61. The van der Waals surface area contributed by atoms with Crippen molar-refractivity contribution in [3.63, 3.8) is 0 Å². The van der Waals surface area contributed by atoms with E-state index in [0.29, 0.717) is 10.7 Å². The van der Waals surface area contributed by atoms with E-state index in [9.17, 15) is 8.42 Å². The fraction of sp³-hybridized carbons (Fsp3) is 0.125. The second-order valence-electron chi connectivity index (χ2n) is 5.14. The Balaban J connectivity index is 1.78. The van der Waals surface area contributed by atoms with Gasteiger partial charge in [0.15, 0.2) is 0 Å². The average Bonchev–Trinajstić information content (AvgIpc) is 2.95. The first-order valence-corrected chi connectivity index (χ1v) is 9.01. The number of nitrogens with zero attached hydrogens (tertiary/aromatic N) is 3. The maximum absolute atomic E-state index is 12.3. The van der Waals surface area contributed by atoms with Crippen molar-refractivity contribution < 1.29 is 8.42 Å². The normalized spacial score (nSPS) is 11.6. The first-order chi connectivity index (χ1) is 11.5. The molecule has 0 fully saturated rings. The number of hydrogen-bond donors (Lipinski definition) is 1. The van der Waals surface area contributed by atoms with Crippen molar-refractivity contribution in [3.8, 4) is 11.4 Å². The Kier molecular flexibility index (Phi) is 4.66. The van der Waals surface area contributed by atoms with Gasteiger partial charge in [0.25, 0.3) is 0 Å². The molecule has 3 rings (SSSR count). The molecule has 0 radical (unpaired) electrons. The van der Waals surface area contributed by atoms with Gasteiger partial charge in [-0.2, -0.15) is 5.10 Å². The van der Waals surface area contributed by atoms with Gasteiger partial charge < -0.3 is 0 Å². The first-order valence-electron chi connectivity index (χ1n) is 7.15. The summed E-state index contributed by atoms with van der Waals surface area (Å²) in [6, 6.07) is 13.5. The zero-order chi connectivity index (χ0) is 17.2. The molecule has 0 unspecified atom stereocenters. The molecule has 0 aliphatic carbocycles. The van der Waals surface area contributed by atoms with Crippen molar-refractivity contribution in [1.82, 2.24) is 19.5 Å². The summed E-state index contributed by atoms with van der Waals surface area (Å²) in [5, 5.41) is 4.69. The molecule has 0 saturated carbocycles. The number of nitrogens with one attached hydrogen (secondary N) is 1. The topological polar surface area (TPSA) is 76.9 Å². The molecule has 0 atom stereocenters. The van der Waals surface area contributed by atoms with Crippen LogP contribution in [0.15, 0.2) is 59.6 Å². The minimum Gasteiger partial charge on any atom is -0.266 e. The summed E-state index contributed by atoms with van der Waals surface area (Å²) >= 11 is 5.85. The molecule has 2 heterocycles. The largest absolute Gasteiger partial charge is 0.266 e. The predicted molar refractivity (Wildman–Crippen MR) is 91.9 cm³/mol. The van der Waals surface area contributed by atoms with Crippen molar-refractivity contribution in [2.24, 2.45) is 7.05 Å². The van der Waals surface area contributed by atoms with E-state index in [4.69, 9.17) is 11.6 Å². The fourth-order valence-electron chi connectivity index (χ4n) is 2.25. The molecule has 124 valence electrons. The first kappa shape index (κ1) is 16.6. The summed E-state index contributed by atoms with van der Waals surface area (Å²) in [5.74, 6) is 0. The molecule has 0 saturated heterocycles. The molecular weight excluding hydrogens is 348 g/mol. The maximum Gasteiger partial charge on any atom is 0.240 e. The molecule has 1 aromatic carbocycles. The molecule has 0 aliphatic heterocycles. The smallest absolute Gasteiger partial charge is 0.240 e. The minimum absolute atomic E-state index is 0.0789. The number of sulfonamides is 1. The van der Waals surface area contributed by atoms with Gasteiger partial charge in [-0.15, -0.1) is 0 Å². The van der Waals surface area contributed by atoms with E-state index in [1.807, 2.05) is 24.3 Å². The van der Waals surface area contributed by atoms with Gasteiger partial charge in [-0.3, -0.25) is 9.67 Å². The fourth-order valence-corrected chi connectivity index (χ4v) is 3.55. The lowest BCUT2D eigenvalue weighted by atomic mass is 10.2. The van der Waals surface area contributed by atoms with Crippen LogP contribution in [-0.2, 0) is 23.6 Å². The van der Waals surface area contributed by atoms with Crippen LogP contribution in [0.2, 0.25) is 5.02 Å². The van der Waals surface area contributed by atoms with Gasteiger partial charge in [0, 0.05) is 18.3 Å². The van der Waals surface area contributed by atoms with E-state index in [2.05, 4.69) is 14.8 Å². The third-order valence-corrected chi connectivity index (χ3v) is 5.04. The highest BCUT2D eigenvalue weighted by molar-refractivity contribution is 7.89. The highest BCUT2D eigenvalue weighted by Gasteiger charge is 2.16. The van der Waals surface area contributed by atoms with Crippen LogP contribution >= 0.6 is 11.6 Å². The summed E-state index contributed by atoms with van der Waals surface area (Å²) < 4.78 is 28.8. The quantitative estimate of drug-likeness (QED) is 0.756. The second-order valence-corrected chi connectivity index (χ2v) is 7.34. The Morgan fingerprint density at radius 2 is 2.00 bits per heavy atom. The zero-order valence-corrected chi connectivity index (χ0v) is 14.4. The van der Waals surface area contributed by atoms with Crippen LogP contribution < -0.4 is 4.72 Å². The van der Waals surface area contributed by atoms with Crippen LogP contribution in [0.5, 0.6) is 0 Å². The van der Waals surface area contributed by atoms with Crippen LogP contribution in [0, 0.1) is 0 Å². The Hall–Kier alpha value is -2.22. The number of benzene rings is 1. The Morgan fingerprint density at radius 3 is 2.71 bits per heavy atom. The molecule has 0 amide bonds. The number of hydrogen-bond acceptors (Lipinski definition) is 4. The van der Waals surface area contributed by atoms with E-state index in [0.717, 1.165) is 11.4 Å². The van der Waals surface area contributed by atoms with E-state index < -0.39 is 10.0 Å². The van der Waals surface area contributed by atoms with Crippen molar-refractivity contribution in [2.45, 2.75) is 11.4 Å². The number of aromatic nitrogens is 3. The summed E-state index contributed by atoms with van der Waals surface area (Å²) in [7, 11) is -1.86. The van der Waals surface area contributed by atoms with E-state index in [-0.39, 0.29) is 11.4 Å². The van der Waals surface area contributed by atoms with Crippen LogP contribution in [0.1, 0.15) is 5.69 Å². The van der Waals surface area contributed by atoms with Gasteiger partial charge in [0.05, 0.1) is 28.5 Å².